The standard InChI is InChI=1S/C18H25NO3/c1-12(2)16(17(21)22)19-15(20)11-8-13-6-9-14(10-7-13)18(3,4)5/h6-12,16H,1-5H3,(H,19,20)(H,21,22)/b11-8+. The molecular formula is C18H25NO3. The van der Waals surface area contributed by atoms with Crippen molar-refractivity contribution >= 4 is 18.0 Å². The number of carboxylic acid groups (broad SMARTS) is 1. The number of aliphatic carboxylic acids is 1. The van der Waals surface area contributed by atoms with Crippen LogP contribution in [0.2, 0.25) is 0 Å². The Balaban J connectivity index is 2.72. The second-order valence-corrected chi connectivity index (χ2v) is 6.77. The number of benzene rings is 1. The zero-order valence-electron chi connectivity index (χ0n) is 13.9. The number of carbonyl (C=O) groups excluding carboxylic acids is 1. The summed E-state index contributed by atoms with van der Waals surface area (Å²) in [6.45, 7) is 9.94. The number of rotatable bonds is 5. The first kappa shape index (κ1) is 18.0. The van der Waals surface area contributed by atoms with Gasteiger partial charge in [0, 0.05) is 6.08 Å². The van der Waals surface area contributed by atoms with Crippen LogP contribution in [-0.2, 0) is 15.0 Å². The summed E-state index contributed by atoms with van der Waals surface area (Å²) in [7, 11) is 0. The third kappa shape index (κ3) is 5.35. The van der Waals surface area contributed by atoms with Crippen molar-refractivity contribution in [1.82, 2.24) is 5.32 Å². The molecule has 0 fully saturated rings. The van der Waals surface area contributed by atoms with E-state index in [1.165, 1.54) is 11.6 Å². The SMILES string of the molecule is CC(C)C(NC(=O)/C=C/c1ccc(C(C)(C)C)cc1)C(=O)O. The van der Waals surface area contributed by atoms with E-state index in [9.17, 15) is 9.59 Å². The maximum absolute atomic E-state index is 11.8. The third-order valence-corrected chi connectivity index (χ3v) is 3.43. The summed E-state index contributed by atoms with van der Waals surface area (Å²) in [4.78, 5) is 22.8. The van der Waals surface area contributed by atoms with Crippen LogP contribution in [0.1, 0.15) is 45.7 Å². The zero-order valence-corrected chi connectivity index (χ0v) is 13.9. The fraction of sp³-hybridized carbons (Fsp3) is 0.444. The van der Waals surface area contributed by atoms with Crippen molar-refractivity contribution in [2.75, 3.05) is 0 Å². The number of hydrogen-bond donors (Lipinski definition) is 2. The van der Waals surface area contributed by atoms with Crippen molar-refractivity contribution in [2.24, 2.45) is 5.92 Å². The lowest BCUT2D eigenvalue weighted by Gasteiger charge is -2.18. The lowest BCUT2D eigenvalue weighted by Crippen LogP contribution is -2.43. The molecule has 1 amide bonds. The largest absolute Gasteiger partial charge is 0.480 e. The molecule has 2 N–H and O–H groups in total. The van der Waals surface area contributed by atoms with Crippen LogP contribution in [0.3, 0.4) is 0 Å². The molecule has 0 aliphatic heterocycles. The van der Waals surface area contributed by atoms with Crippen LogP contribution in [0.25, 0.3) is 6.08 Å². The molecule has 0 radical (unpaired) electrons. The lowest BCUT2D eigenvalue weighted by molar-refractivity contribution is -0.142. The second kappa shape index (κ2) is 7.25. The van der Waals surface area contributed by atoms with Crippen LogP contribution < -0.4 is 5.32 Å². The average molecular weight is 303 g/mol. The Kier molecular flexibility index (Phi) is 5.92. The van der Waals surface area contributed by atoms with Gasteiger partial charge in [-0.25, -0.2) is 4.79 Å². The van der Waals surface area contributed by atoms with Crippen LogP contribution in [0, 0.1) is 5.92 Å². The maximum Gasteiger partial charge on any atom is 0.326 e. The molecule has 0 bridgehead atoms. The topological polar surface area (TPSA) is 66.4 Å². The van der Waals surface area contributed by atoms with E-state index < -0.39 is 17.9 Å². The average Bonchev–Trinajstić information content (AvgIpc) is 2.41. The smallest absolute Gasteiger partial charge is 0.326 e. The minimum atomic E-state index is -1.02. The van der Waals surface area contributed by atoms with Gasteiger partial charge in [0.15, 0.2) is 0 Å². The van der Waals surface area contributed by atoms with Crippen molar-refractivity contribution in [2.45, 2.75) is 46.1 Å². The fourth-order valence-corrected chi connectivity index (χ4v) is 1.98. The highest BCUT2D eigenvalue weighted by Crippen LogP contribution is 2.22. The van der Waals surface area contributed by atoms with Crippen molar-refractivity contribution in [3.63, 3.8) is 0 Å². The molecule has 1 aromatic rings. The van der Waals surface area contributed by atoms with Crippen molar-refractivity contribution in [3.8, 4) is 0 Å². The van der Waals surface area contributed by atoms with E-state index in [0.29, 0.717) is 0 Å². The monoisotopic (exact) mass is 303 g/mol. The van der Waals surface area contributed by atoms with Gasteiger partial charge in [-0.15, -0.1) is 0 Å². The Morgan fingerprint density at radius 1 is 1.14 bits per heavy atom. The van der Waals surface area contributed by atoms with Crippen molar-refractivity contribution in [3.05, 3.63) is 41.5 Å². The van der Waals surface area contributed by atoms with E-state index in [0.717, 1.165) is 5.56 Å². The van der Waals surface area contributed by atoms with Gasteiger partial charge in [0.25, 0.3) is 0 Å². The van der Waals surface area contributed by atoms with Crippen LogP contribution in [0.15, 0.2) is 30.3 Å². The molecule has 4 heteroatoms. The Morgan fingerprint density at radius 3 is 2.09 bits per heavy atom. The van der Waals surface area contributed by atoms with Gasteiger partial charge in [0.2, 0.25) is 5.91 Å². The van der Waals surface area contributed by atoms with Crippen LogP contribution >= 0.6 is 0 Å². The molecule has 0 heterocycles. The van der Waals surface area contributed by atoms with Gasteiger partial charge in [-0.2, -0.15) is 0 Å². The lowest BCUT2D eigenvalue weighted by atomic mass is 9.87. The molecule has 22 heavy (non-hydrogen) atoms. The minimum absolute atomic E-state index is 0.0889. The molecule has 0 spiro atoms. The second-order valence-electron chi connectivity index (χ2n) is 6.77. The van der Waals surface area contributed by atoms with Crippen LogP contribution in [-0.4, -0.2) is 23.0 Å². The minimum Gasteiger partial charge on any atom is -0.480 e. The quantitative estimate of drug-likeness (QED) is 0.821. The number of hydrogen-bond acceptors (Lipinski definition) is 2. The summed E-state index contributed by atoms with van der Waals surface area (Å²) in [5, 5.41) is 11.5. The molecule has 0 aromatic heterocycles. The van der Waals surface area contributed by atoms with E-state index in [1.807, 2.05) is 24.3 Å². The first-order chi connectivity index (χ1) is 10.1. The Labute approximate surface area is 132 Å². The Morgan fingerprint density at radius 2 is 1.68 bits per heavy atom. The van der Waals surface area contributed by atoms with Gasteiger partial charge in [-0.3, -0.25) is 4.79 Å². The summed E-state index contributed by atoms with van der Waals surface area (Å²) in [5.74, 6) is -1.59. The molecule has 1 rings (SSSR count). The summed E-state index contributed by atoms with van der Waals surface area (Å²) in [6.07, 6.45) is 3.05. The Bertz CT molecular complexity index is 551. The molecule has 120 valence electrons. The molecule has 0 saturated heterocycles. The van der Waals surface area contributed by atoms with Gasteiger partial charge in [0.05, 0.1) is 0 Å². The summed E-state index contributed by atoms with van der Waals surface area (Å²) in [5.41, 5.74) is 2.21. The maximum atomic E-state index is 11.8. The number of amides is 1. The van der Waals surface area contributed by atoms with Gasteiger partial charge >= 0.3 is 5.97 Å². The first-order valence-corrected chi connectivity index (χ1v) is 7.43. The molecule has 1 atom stereocenters. The summed E-state index contributed by atoms with van der Waals surface area (Å²) in [6, 6.07) is 7.08. The van der Waals surface area contributed by atoms with Gasteiger partial charge in [-0.1, -0.05) is 58.9 Å². The number of nitrogens with one attached hydrogen (secondary N) is 1. The number of carbonyl (C=O) groups is 2. The Hall–Kier alpha value is -2.10. The highest BCUT2D eigenvalue weighted by Gasteiger charge is 2.22. The molecule has 0 aliphatic rings. The predicted molar refractivity (Wildman–Crippen MR) is 88.6 cm³/mol. The number of carboxylic acids is 1. The third-order valence-electron chi connectivity index (χ3n) is 3.43. The zero-order chi connectivity index (χ0) is 16.9. The summed E-state index contributed by atoms with van der Waals surface area (Å²) >= 11 is 0. The van der Waals surface area contributed by atoms with E-state index in [-0.39, 0.29) is 11.3 Å². The van der Waals surface area contributed by atoms with E-state index in [4.69, 9.17) is 5.11 Å². The normalized spacial score (nSPS) is 13.4. The highest BCUT2D eigenvalue weighted by atomic mass is 16.4. The van der Waals surface area contributed by atoms with Crippen LogP contribution in [0.5, 0.6) is 0 Å². The molecule has 0 aliphatic carbocycles. The van der Waals surface area contributed by atoms with E-state index >= 15 is 0 Å². The first-order valence-electron chi connectivity index (χ1n) is 7.43. The van der Waals surface area contributed by atoms with Crippen molar-refractivity contribution < 1.29 is 14.7 Å². The molecule has 0 saturated carbocycles. The van der Waals surface area contributed by atoms with Gasteiger partial charge in [0.1, 0.15) is 6.04 Å². The van der Waals surface area contributed by atoms with Crippen molar-refractivity contribution in [1.29, 1.82) is 0 Å². The molecule has 1 aromatic carbocycles. The summed E-state index contributed by atoms with van der Waals surface area (Å²) < 4.78 is 0. The van der Waals surface area contributed by atoms with E-state index in [1.54, 1.807) is 19.9 Å². The molecular weight excluding hydrogens is 278 g/mol. The predicted octanol–water partition coefficient (Wildman–Crippen LogP) is 3.22. The van der Waals surface area contributed by atoms with Gasteiger partial charge in [-0.05, 0) is 28.5 Å². The highest BCUT2D eigenvalue weighted by molar-refractivity contribution is 5.94. The van der Waals surface area contributed by atoms with Crippen LogP contribution in [0.4, 0.5) is 0 Å². The molecule has 4 nitrogen and oxygen atoms in total. The van der Waals surface area contributed by atoms with E-state index in [2.05, 4.69) is 26.1 Å². The molecule has 1 unspecified atom stereocenters. The van der Waals surface area contributed by atoms with Gasteiger partial charge < -0.3 is 10.4 Å². The fourth-order valence-electron chi connectivity index (χ4n) is 1.98.